The van der Waals surface area contributed by atoms with E-state index in [-0.39, 0.29) is 24.3 Å². The molecule has 1 N–H and O–H groups in total. The van der Waals surface area contributed by atoms with Crippen LogP contribution in [0.1, 0.15) is 35.5 Å². The Morgan fingerprint density at radius 1 is 1.14 bits per heavy atom. The van der Waals surface area contributed by atoms with E-state index < -0.39 is 0 Å². The van der Waals surface area contributed by atoms with Crippen LogP contribution in [0.5, 0.6) is 0 Å². The summed E-state index contributed by atoms with van der Waals surface area (Å²) in [6.45, 7) is 2.05. The summed E-state index contributed by atoms with van der Waals surface area (Å²) >= 11 is 1.66. The molecular formula is C22H21N3O2S. The number of nitrogens with zero attached hydrogens (tertiary/aromatic N) is 2. The molecule has 0 spiro atoms. The molecule has 28 heavy (non-hydrogen) atoms. The molecule has 1 aromatic heterocycles. The van der Waals surface area contributed by atoms with Crippen LogP contribution >= 0.6 is 11.3 Å². The van der Waals surface area contributed by atoms with Gasteiger partial charge in [0.25, 0.3) is 0 Å². The van der Waals surface area contributed by atoms with Crippen molar-refractivity contribution in [2.24, 2.45) is 0 Å². The third-order valence-electron chi connectivity index (χ3n) is 4.85. The molecule has 4 rings (SSSR count). The SMILES string of the molecule is CC(=O)N1C=Cc2ccccc2C1CC(=O)NCCc1nc2ccccc2s1. The lowest BCUT2D eigenvalue weighted by molar-refractivity contribution is -0.129. The van der Waals surface area contributed by atoms with Crippen LogP contribution in [-0.4, -0.2) is 28.2 Å². The van der Waals surface area contributed by atoms with E-state index in [2.05, 4.69) is 16.4 Å². The largest absolute Gasteiger partial charge is 0.356 e. The van der Waals surface area contributed by atoms with Crippen molar-refractivity contribution >= 4 is 39.4 Å². The zero-order valence-corrected chi connectivity index (χ0v) is 16.4. The topological polar surface area (TPSA) is 62.3 Å². The van der Waals surface area contributed by atoms with Crippen molar-refractivity contribution in [1.29, 1.82) is 0 Å². The maximum Gasteiger partial charge on any atom is 0.223 e. The third kappa shape index (κ3) is 3.82. The van der Waals surface area contributed by atoms with Crippen LogP contribution in [0.25, 0.3) is 16.3 Å². The number of amides is 2. The summed E-state index contributed by atoms with van der Waals surface area (Å²) in [5.41, 5.74) is 3.05. The Bertz CT molecular complexity index is 1020. The van der Waals surface area contributed by atoms with Crippen molar-refractivity contribution < 1.29 is 9.59 Å². The molecule has 1 unspecified atom stereocenters. The smallest absolute Gasteiger partial charge is 0.223 e. The van der Waals surface area contributed by atoms with E-state index in [9.17, 15) is 9.59 Å². The van der Waals surface area contributed by atoms with Crippen LogP contribution in [-0.2, 0) is 16.0 Å². The van der Waals surface area contributed by atoms with Gasteiger partial charge in [-0.2, -0.15) is 0 Å². The van der Waals surface area contributed by atoms with Gasteiger partial charge < -0.3 is 10.2 Å². The monoisotopic (exact) mass is 391 g/mol. The van der Waals surface area contributed by atoms with E-state index in [4.69, 9.17) is 0 Å². The number of thiazole rings is 1. The molecule has 0 bridgehead atoms. The highest BCUT2D eigenvalue weighted by Gasteiger charge is 2.27. The molecule has 2 heterocycles. The molecule has 0 saturated carbocycles. The van der Waals surface area contributed by atoms with Crippen LogP contribution in [0.15, 0.2) is 54.7 Å². The van der Waals surface area contributed by atoms with Gasteiger partial charge in [-0.15, -0.1) is 11.3 Å². The first-order valence-electron chi connectivity index (χ1n) is 9.29. The number of para-hydroxylation sites is 1. The van der Waals surface area contributed by atoms with Gasteiger partial charge in [-0.05, 0) is 29.3 Å². The quantitative estimate of drug-likeness (QED) is 0.717. The van der Waals surface area contributed by atoms with Crippen LogP contribution in [0.4, 0.5) is 0 Å². The molecule has 2 amide bonds. The number of hydrogen-bond acceptors (Lipinski definition) is 4. The van der Waals surface area contributed by atoms with Crippen molar-refractivity contribution in [3.05, 3.63) is 70.9 Å². The number of fused-ring (bicyclic) bond motifs is 2. The molecule has 0 radical (unpaired) electrons. The number of aromatic nitrogens is 1. The number of nitrogens with one attached hydrogen (secondary N) is 1. The number of rotatable bonds is 5. The first-order valence-corrected chi connectivity index (χ1v) is 10.1. The minimum atomic E-state index is -0.277. The van der Waals surface area contributed by atoms with E-state index in [1.165, 1.54) is 6.92 Å². The Morgan fingerprint density at radius 3 is 2.75 bits per heavy atom. The molecule has 0 aliphatic carbocycles. The van der Waals surface area contributed by atoms with Crippen molar-refractivity contribution in [1.82, 2.24) is 15.2 Å². The highest BCUT2D eigenvalue weighted by atomic mass is 32.1. The second-order valence-electron chi connectivity index (χ2n) is 6.77. The standard InChI is InChI=1S/C22H21N3O2S/c1-15(26)25-13-11-16-6-2-3-7-17(16)19(25)14-21(27)23-12-10-22-24-18-8-4-5-9-20(18)28-22/h2-9,11,13,19H,10,12,14H2,1H3,(H,23,27). The van der Waals surface area contributed by atoms with E-state index in [1.54, 1.807) is 22.4 Å². The van der Waals surface area contributed by atoms with Gasteiger partial charge in [0.15, 0.2) is 0 Å². The third-order valence-corrected chi connectivity index (χ3v) is 5.94. The van der Waals surface area contributed by atoms with Gasteiger partial charge in [-0.25, -0.2) is 4.98 Å². The zero-order valence-electron chi connectivity index (χ0n) is 15.6. The number of hydrogen-bond donors (Lipinski definition) is 1. The Morgan fingerprint density at radius 2 is 1.93 bits per heavy atom. The van der Waals surface area contributed by atoms with E-state index in [0.29, 0.717) is 13.0 Å². The Kier molecular flexibility index (Phi) is 5.21. The highest BCUT2D eigenvalue weighted by Crippen LogP contribution is 2.32. The summed E-state index contributed by atoms with van der Waals surface area (Å²) in [5.74, 6) is -0.138. The Labute approximate surface area is 167 Å². The van der Waals surface area contributed by atoms with Gasteiger partial charge in [0.05, 0.1) is 27.7 Å². The van der Waals surface area contributed by atoms with Crippen LogP contribution < -0.4 is 5.32 Å². The Hall–Kier alpha value is -2.99. The van der Waals surface area contributed by atoms with Gasteiger partial charge >= 0.3 is 0 Å². The molecule has 1 aliphatic heterocycles. The molecule has 3 aromatic rings. The summed E-state index contributed by atoms with van der Waals surface area (Å²) in [7, 11) is 0. The molecule has 142 valence electrons. The van der Waals surface area contributed by atoms with E-state index in [0.717, 1.165) is 26.4 Å². The van der Waals surface area contributed by atoms with Gasteiger partial charge in [0.2, 0.25) is 11.8 Å². The summed E-state index contributed by atoms with van der Waals surface area (Å²) < 4.78 is 1.16. The fourth-order valence-electron chi connectivity index (χ4n) is 3.50. The van der Waals surface area contributed by atoms with Gasteiger partial charge in [0.1, 0.15) is 0 Å². The minimum absolute atomic E-state index is 0.0672. The summed E-state index contributed by atoms with van der Waals surface area (Å²) in [6, 6.07) is 15.6. The van der Waals surface area contributed by atoms with E-state index >= 15 is 0 Å². The maximum atomic E-state index is 12.6. The second kappa shape index (κ2) is 7.94. The molecule has 1 aliphatic rings. The first kappa shape index (κ1) is 18.4. The predicted octanol–water partition coefficient (Wildman–Crippen LogP) is 3.92. The summed E-state index contributed by atoms with van der Waals surface area (Å²) in [5, 5.41) is 3.99. The van der Waals surface area contributed by atoms with Crippen molar-refractivity contribution in [2.75, 3.05) is 6.54 Å². The van der Waals surface area contributed by atoms with Gasteiger partial charge in [-0.3, -0.25) is 9.59 Å². The fourth-order valence-corrected chi connectivity index (χ4v) is 4.46. The average molecular weight is 391 g/mol. The normalized spacial score (nSPS) is 15.5. The molecule has 6 heteroatoms. The van der Waals surface area contributed by atoms with Crippen LogP contribution in [0, 0.1) is 0 Å². The lowest BCUT2D eigenvalue weighted by atomic mass is 9.93. The molecule has 1 atom stereocenters. The molecule has 5 nitrogen and oxygen atoms in total. The van der Waals surface area contributed by atoms with E-state index in [1.807, 2.05) is 48.5 Å². The Balaban J connectivity index is 1.39. The molecule has 2 aromatic carbocycles. The first-order chi connectivity index (χ1) is 13.6. The van der Waals surface area contributed by atoms with Gasteiger partial charge in [0, 0.05) is 26.1 Å². The lowest BCUT2D eigenvalue weighted by Gasteiger charge is -2.32. The minimum Gasteiger partial charge on any atom is -0.356 e. The molecule has 0 saturated heterocycles. The number of carbonyl (C=O) groups is 2. The molecule has 0 fully saturated rings. The summed E-state index contributed by atoms with van der Waals surface area (Å²) in [4.78, 5) is 30.8. The van der Waals surface area contributed by atoms with Crippen LogP contribution in [0.3, 0.4) is 0 Å². The van der Waals surface area contributed by atoms with Crippen molar-refractivity contribution in [3.8, 4) is 0 Å². The fraction of sp³-hybridized carbons (Fsp3) is 0.227. The zero-order chi connectivity index (χ0) is 19.5. The predicted molar refractivity (Wildman–Crippen MR) is 112 cm³/mol. The maximum absolute atomic E-state index is 12.6. The van der Waals surface area contributed by atoms with Crippen molar-refractivity contribution in [2.45, 2.75) is 25.8 Å². The number of benzene rings is 2. The average Bonchev–Trinajstić information content (AvgIpc) is 3.10. The van der Waals surface area contributed by atoms with Crippen LogP contribution in [0.2, 0.25) is 0 Å². The second-order valence-corrected chi connectivity index (χ2v) is 7.88. The molecular weight excluding hydrogens is 370 g/mol. The van der Waals surface area contributed by atoms with Gasteiger partial charge in [-0.1, -0.05) is 36.4 Å². The summed E-state index contributed by atoms with van der Waals surface area (Å²) in [6.07, 6.45) is 4.62. The highest BCUT2D eigenvalue weighted by molar-refractivity contribution is 7.18. The lowest BCUT2D eigenvalue weighted by Crippen LogP contribution is -2.35. The van der Waals surface area contributed by atoms with Crippen molar-refractivity contribution in [3.63, 3.8) is 0 Å². The number of carbonyl (C=O) groups excluding carboxylic acids is 2.